The van der Waals surface area contributed by atoms with Crippen molar-refractivity contribution in [1.29, 1.82) is 0 Å². The van der Waals surface area contributed by atoms with Crippen molar-refractivity contribution < 1.29 is 39.1 Å². The number of hydrogen-bond donors (Lipinski definition) is 4. The van der Waals surface area contributed by atoms with Crippen molar-refractivity contribution in [3.05, 3.63) is 64.8 Å². The molecule has 0 amide bonds. The summed E-state index contributed by atoms with van der Waals surface area (Å²) in [7, 11) is 0. The molecule has 0 saturated carbocycles. The third kappa shape index (κ3) is 3.66. The van der Waals surface area contributed by atoms with E-state index >= 15 is 0 Å². The Morgan fingerprint density at radius 3 is 2.37 bits per heavy atom. The first-order chi connectivity index (χ1) is 14.3. The van der Waals surface area contributed by atoms with E-state index in [2.05, 4.69) is 0 Å². The molecule has 5 atom stereocenters. The van der Waals surface area contributed by atoms with Crippen molar-refractivity contribution in [2.75, 3.05) is 0 Å². The van der Waals surface area contributed by atoms with Crippen LogP contribution in [0.3, 0.4) is 0 Å². The monoisotopic (exact) mass is 414 g/mol. The van der Waals surface area contributed by atoms with Gasteiger partial charge in [-0.15, -0.1) is 0 Å². The molecule has 30 heavy (non-hydrogen) atoms. The number of benzene rings is 2. The fraction of sp³-hybridized carbons (Fsp3) is 0.238. The third-order valence-electron chi connectivity index (χ3n) is 4.82. The minimum Gasteiger partial charge on any atom is -0.479 e. The van der Waals surface area contributed by atoms with Gasteiger partial charge >= 0.3 is 5.97 Å². The predicted octanol–water partition coefficient (Wildman–Crippen LogP) is 0.731. The Morgan fingerprint density at radius 1 is 0.933 bits per heavy atom. The molecule has 0 bridgehead atoms. The van der Waals surface area contributed by atoms with Crippen LogP contribution in [-0.2, 0) is 9.53 Å². The van der Waals surface area contributed by atoms with E-state index in [4.69, 9.17) is 19.0 Å². The second kappa shape index (κ2) is 7.88. The molecule has 0 aliphatic carbocycles. The summed E-state index contributed by atoms with van der Waals surface area (Å²) in [4.78, 5) is 23.6. The van der Waals surface area contributed by atoms with Crippen LogP contribution in [0.1, 0.15) is 0 Å². The highest BCUT2D eigenvalue weighted by atomic mass is 16.7. The predicted molar refractivity (Wildman–Crippen MR) is 103 cm³/mol. The minimum absolute atomic E-state index is 0.104. The van der Waals surface area contributed by atoms with Crippen LogP contribution in [0.4, 0.5) is 0 Å². The Morgan fingerprint density at radius 2 is 1.67 bits per heavy atom. The number of aliphatic hydroxyl groups excluding tert-OH is 3. The van der Waals surface area contributed by atoms with Gasteiger partial charge in [-0.3, -0.25) is 4.79 Å². The van der Waals surface area contributed by atoms with Crippen molar-refractivity contribution in [2.24, 2.45) is 0 Å². The standard InChI is InChI=1S/C21H18O9/c22-13-9-14(10-4-2-1-3-5-10)29-15-8-11(6-7-12(13)15)28-21-18(25)16(23)17(24)19(30-21)20(26)27/h1-9,16-19,21,23-25H,(H,26,27). The number of aliphatic hydroxyl groups is 3. The van der Waals surface area contributed by atoms with Crippen LogP contribution < -0.4 is 10.2 Å². The average molecular weight is 414 g/mol. The molecule has 1 aliphatic heterocycles. The smallest absolute Gasteiger partial charge is 0.335 e. The summed E-state index contributed by atoms with van der Waals surface area (Å²) in [6.07, 6.45) is -8.65. The van der Waals surface area contributed by atoms with Gasteiger partial charge in [0.1, 0.15) is 35.4 Å². The van der Waals surface area contributed by atoms with Gasteiger partial charge in [-0.2, -0.15) is 0 Å². The molecule has 1 aromatic heterocycles. The molecule has 9 nitrogen and oxygen atoms in total. The summed E-state index contributed by atoms with van der Waals surface area (Å²) in [6.45, 7) is 0. The Kier molecular flexibility index (Phi) is 5.27. The summed E-state index contributed by atoms with van der Waals surface area (Å²) in [5.41, 5.74) is 0.648. The van der Waals surface area contributed by atoms with Crippen LogP contribution >= 0.6 is 0 Å². The molecule has 4 N–H and O–H groups in total. The largest absolute Gasteiger partial charge is 0.479 e. The number of fused-ring (bicyclic) bond motifs is 1. The number of aliphatic carboxylic acids is 1. The molecule has 5 unspecified atom stereocenters. The van der Waals surface area contributed by atoms with Gasteiger partial charge in [0.2, 0.25) is 6.29 Å². The first-order valence-electron chi connectivity index (χ1n) is 9.07. The number of hydrogen-bond acceptors (Lipinski definition) is 8. The molecular weight excluding hydrogens is 396 g/mol. The lowest BCUT2D eigenvalue weighted by Gasteiger charge is -2.38. The number of ether oxygens (including phenoxy) is 2. The van der Waals surface area contributed by atoms with Crippen LogP contribution in [0.2, 0.25) is 0 Å². The molecule has 0 spiro atoms. The van der Waals surface area contributed by atoms with Gasteiger partial charge in [0, 0.05) is 17.7 Å². The highest BCUT2D eigenvalue weighted by Crippen LogP contribution is 2.28. The van der Waals surface area contributed by atoms with Crippen molar-refractivity contribution in [1.82, 2.24) is 0 Å². The van der Waals surface area contributed by atoms with Crippen molar-refractivity contribution >= 4 is 16.9 Å². The first kappa shape index (κ1) is 20.0. The first-order valence-corrected chi connectivity index (χ1v) is 9.07. The van der Waals surface area contributed by atoms with Crippen LogP contribution in [0.15, 0.2) is 63.8 Å². The van der Waals surface area contributed by atoms with Gasteiger partial charge in [0.15, 0.2) is 11.5 Å². The van der Waals surface area contributed by atoms with E-state index in [9.17, 15) is 24.9 Å². The summed E-state index contributed by atoms with van der Waals surface area (Å²) < 4.78 is 16.4. The summed E-state index contributed by atoms with van der Waals surface area (Å²) in [5.74, 6) is -1.06. The molecule has 0 radical (unpaired) electrons. The number of carbonyl (C=O) groups is 1. The lowest BCUT2D eigenvalue weighted by molar-refractivity contribution is -0.271. The summed E-state index contributed by atoms with van der Waals surface area (Å²) in [6, 6.07) is 14.7. The van der Waals surface area contributed by atoms with Gasteiger partial charge in [0.05, 0.1) is 5.39 Å². The zero-order valence-corrected chi connectivity index (χ0v) is 15.4. The maximum absolute atomic E-state index is 12.4. The molecule has 4 rings (SSSR count). The lowest BCUT2D eigenvalue weighted by atomic mass is 9.99. The molecular formula is C21H18O9. The molecule has 2 heterocycles. The molecule has 1 fully saturated rings. The third-order valence-corrected chi connectivity index (χ3v) is 4.82. The van der Waals surface area contributed by atoms with E-state index in [-0.39, 0.29) is 16.8 Å². The Bertz CT molecular complexity index is 1120. The Hall–Kier alpha value is -3.24. The van der Waals surface area contributed by atoms with Gasteiger partial charge in [-0.05, 0) is 12.1 Å². The topological polar surface area (TPSA) is 147 Å². The Labute approximate surface area is 169 Å². The van der Waals surface area contributed by atoms with E-state index in [1.54, 1.807) is 24.3 Å². The van der Waals surface area contributed by atoms with E-state index in [0.29, 0.717) is 16.7 Å². The van der Waals surface area contributed by atoms with Crippen molar-refractivity contribution in [2.45, 2.75) is 30.7 Å². The lowest BCUT2D eigenvalue weighted by Crippen LogP contribution is -2.61. The molecule has 156 valence electrons. The fourth-order valence-corrected chi connectivity index (χ4v) is 3.24. The summed E-state index contributed by atoms with van der Waals surface area (Å²) in [5, 5.41) is 39.2. The van der Waals surface area contributed by atoms with Crippen LogP contribution in [-0.4, -0.2) is 57.1 Å². The van der Waals surface area contributed by atoms with Crippen molar-refractivity contribution in [3.8, 4) is 17.1 Å². The fourth-order valence-electron chi connectivity index (χ4n) is 3.24. The van der Waals surface area contributed by atoms with Crippen LogP contribution in [0.25, 0.3) is 22.3 Å². The van der Waals surface area contributed by atoms with E-state index in [1.807, 2.05) is 6.07 Å². The van der Waals surface area contributed by atoms with E-state index < -0.39 is 36.7 Å². The van der Waals surface area contributed by atoms with Crippen molar-refractivity contribution in [3.63, 3.8) is 0 Å². The number of carboxylic acids is 1. The summed E-state index contributed by atoms with van der Waals surface area (Å²) >= 11 is 0. The maximum atomic E-state index is 12.4. The highest BCUT2D eigenvalue weighted by Gasteiger charge is 2.48. The van der Waals surface area contributed by atoms with Crippen LogP contribution in [0, 0.1) is 0 Å². The van der Waals surface area contributed by atoms with Gasteiger partial charge in [-0.25, -0.2) is 4.79 Å². The van der Waals surface area contributed by atoms with Crippen LogP contribution in [0.5, 0.6) is 5.75 Å². The molecule has 2 aromatic carbocycles. The maximum Gasteiger partial charge on any atom is 0.335 e. The molecule has 9 heteroatoms. The van der Waals surface area contributed by atoms with E-state index in [1.165, 1.54) is 24.3 Å². The molecule has 1 aliphatic rings. The normalized spacial score (nSPS) is 26.4. The zero-order valence-electron chi connectivity index (χ0n) is 15.4. The second-order valence-corrected chi connectivity index (χ2v) is 6.85. The molecule has 3 aromatic rings. The van der Waals surface area contributed by atoms with Gasteiger partial charge in [-0.1, -0.05) is 30.3 Å². The quantitative estimate of drug-likeness (QED) is 0.485. The number of carboxylic acid groups (broad SMARTS) is 1. The van der Waals surface area contributed by atoms with Gasteiger partial charge < -0.3 is 34.3 Å². The van der Waals surface area contributed by atoms with E-state index in [0.717, 1.165) is 0 Å². The minimum atomic E-state index is -1.82. The SMILES string of the molecule is O=C(O)C1OC(Oc2ccc3c(=O)cc(-c4ccccc4)oc3c2)C(O)C(O)C1O. The molecule has 1 saturated heterocycles. The van der Waals surface area contributed by atoms with Gasteiger partial charge in [0.25, 0.3) is 0 Å². The average Bonchev–Trinajstić information content (AvgIpc) is 2.74. The second-order valence-electron chi connectivity index (χ2n) is 6.85. The highest BCUT2D eigenvalue weighted by molar-refractivity contribution is 5.80. The zero-order chi connectivity index (χ0) is 21.4. The number of rotatable bonds is 4. The Balaban J connectivity index is 1.66.